The van der Waals surface area contributed by atoms with Crippen LogP contribution in [0.5, 0.6) is 0 Å². The Kier molecular flexibility index (Phi) is 4.16. The van der Waals surface area contributed by atoms with Crippen molar-refractivity contribution in [3.05, 3.63) is 0 Å². The second kappa shape index (κ2) is 5.17. The molecule has 0 aromatic carbocycles. The first-order chi connectivity index (χ1) is 6.75. The quantitative estimate of drug-likeness (QED) is 0.689. The topological polar surface area (TPSA) is 29.1 Å². The summed E-state index contributed by atoms with van der Waals surface area (Å²) in [5, 5.41) is 3.29. The Hall–Kier alpha value is -0.810. The molecule has 1 aliphatic rings. The van der Waals surface area contributed by atoms with Crippen molar-refractivity contribution >= 4 is 5.78 Å². The molecule has 0 bridgehead atoms. The van der Waals surface area contributed by atoms with Crippen LogP contribution in [0, 0.1) is 17.3 Å². The summed E-state index contributed by atoms with van der Waals surface area (Å²) in [6, 6.07) is 0. The minimum Gasteiger partial charge on any atom is -0.316 e. The monoisotopic (exact) mass is 193 g/mol. The Labute approximate surface area is 86.5 Å². The number of hydrogen-bond donors (Lipinski definition) is 1. The van der Waals surface area contributed by atoms with Crippen LogP contribution in [0.4, 0.5) is 0 Å². The summed E-state index contributed by atoms with van der Waals surface area (Å²) in [7, 11) is 0. The fraction of sp³-hybridized carbons (Fsp3) is 0.750. The standard InChI is InChI=1S/C12H19NO/c1-3-5-6-11(14)12(7-4-2)8-9-13-10-12/h13H,4,6-10H2,1-2H3. The van der Waals surface area contributed by atoms with E-state index in [-0.39, 0.29) is 5.41 Å². The number of carbonyl (C=O) groups excluding carboxylic acids is 1. The molecule has 1 saturated heterocycles. The summed E-state index contributed by atoms with van der Waals surface area (Å²) in [5.74, 6) is 6.00. The second-order valence-corrected chi connectivity index (χ2v) is 3.98. The molecule has 0 radical (unpaired) electrons. The van der Waals surface area contributed by atoms with Gasteiger partial charge >= 0.3 is 0 Å². The number of nitrogens with one attached hydrogen (secondary N) is 1. The lowest BCUT2D eigenvalue weighted by atomic mass is 9.77. The van der Waals surface area contributed by atoms with Crippen molar-refractivity contribution in [2.45, 2.75) is 39.5 Å². The smallest absolute Gasteiger partial charge is 0.152 e. The van der Waals surface area contributed by atoms with Crippen molar-refractivity contribution in [3.8, 4) is 11.8 Å². The van der Waals surface area contributed by atoms with E-state index in [1.165, 1.54) is 0 Å². The zero-order valence-electron chi connectivity index (χ0n) is 9.15. The van der Waals surface area contributed by atoms with Crippen LogP contribution in [0.1, 0.15) is 39.5 Å². The van der Waals surface area contributed by atoms with E-state index in [0.29, 0.717) is 12.2 Å². The van der Waals surface area contributed by atoms with E-state index in [2.05, 4.69) is 24.1 Å². The van der Waals surface area contributed by atoms with E-state index in [4.69, 9.17) is 0 Å². The van der Waals surface area contributed by atoms with Gasteiger partial charge in [-0.1, -0.05) is 19.3 Å². The minimum absolute atomic E-state index is 0.0986. The average molecular weight is 193 g/mol. The van der Waals surface area contributed by atoms with E-state index in [9.17, 15) is 4.79 Å². The second-order valence-electron chi connectivity index (χ2n) is 3.98. The molecule has 1 aliphatic heterocycles. The van der Waals surface area contributed by atoms with Gasteiger partial charge in [0.1, 0.15) is 0 Å². The molecule has 14 heavy (non-hydrogen) atoms. The zero-order chi connectivity index (χ0) is 10.4. The first-order valence-corrected chi connectivity index (χ1v) is 5.39. The maximum atomic E-state index is 12.0. The van der Waals surface area contributed by atoms with Gasteiger partial charge in [-0.05, 0) is 26.3 Å². The van der Waals surface area contributed by atoms with Crippen LogP contribution < -0.4 is 5.32 Å². The van der Waals surface area contributed by atoms with Crippen molar-refractivity contribution in [2.75, 3.05) is 13.1 Å². The summed E-state index contributed by atoms with van der Waals surface area (Å²) < 4.78 is 0. The normalized spacial score (nSPS) is 25.6. The van der Waals surface area contributed by atoms with Crippen LogP contribution >= 0.6 is 0 Å². The molecule has 1 unspecified atom stereocenters. The first-order valence-electron chi connectivity index (χ1n) is 5.39. The van der Waals surface area contributed by atoms with Crippen molar-refractivity contribution < 1.29 is 4.79 Å². The molecular weight excluding hydrogens is 174 g/mol. The van der Waals surface area contributed by atoms with Crippen LogP contribution in [0.15, 0.2) is 0 Å². The van der Waals surface area contributed by atoms with Crippen molar-refractivity contribution in [1.82, 2.24) is 5.32 Å². The maximum absolute atomic E-state index is 12.0. The van der Waals surface area contributed by atoms with Gasteiger partial charge in [0.05, 0.1) is 6.42 Å². The average Bonchev–Trinajstić information content (AvgIpc) is 2.64. The molecule has 1 rings (SSSR count). The van der Waals surface area contributed by atoms with Gasteiger partial charge in [-0.15, -0.1) is 5.92 Å². The lowest BCUT2D eigenvalue weighted by Gasteiger charge is -2.25. The summed E-state index contributed by atoms with van der Waals surface area (Å²) in [5.41, 5.74) is -0.0986. The third kappa shape index (κ3) is 2.36. The molecule has 2 heteroatoms. The molecule has 1 atom stereocenters. The predicted octanol–water partition coefficient (Wildman–Crippen LogP) is 1.75. The Morgan fingerprint density at radius 1 is 1.57 bits per heavy atom. The van der Waals surface area contributed by atoms with Crippen molar-refractivity contribution in [1.29, 1.82) is 0 Å². The van der Waals surface area contributed by atoms with E-state index in [1.54, 1.807) is 6.92 Å². The lowest BCUT2D eigenvalue weighted by Crippen LogP contribution is -2.33. The maximum Gasteiger partial charge on any atom is 0.152 e. The highest BCUT2D eigenvalue weighted by Gasteiger charge is 2.38. The Morgan fingerprint density at radius 3 is 2.86 bits per heavy atom. The molecule has 0 aromatic rings. The van der Waals surface area contributed by atoms with Gasteiger partial charge in [0.2, 0.25) is 0 Å². The molecule has 0 saturated carbocycles. The molecule has 78 valence electrons. The molecule has 1 heterocycles. The molecule has 1 fully saturated rings. The number of ketones is 1. The highest BCUT2D eigenvalue weighted by molar-refractivity contribution is 5.87. The zero-order valence-corrected chi connectivity index (χ0v) is 9.15. The van der Waals surface area contributed by atoms with Gasteiger partial charge in [0.15, 0.2) is 5.78 Å². The van der Waals surface area contributed by atoms with Crippen LogP contribution in [-0.2, 0) is 4.79 Å². The number of hydrogen-bond acceptors (Lipinski definition) is 2. The number of carbonyl (C=O) groups is 1. The lowest BCUT2D eigenvalue weighted by molar-refractivity contribution is -0.127. The minimum atomic E-state index is -0.0986. The largest absolute Gasteiger partial charge is 0.316 e. The van der Waals surface area contributed by atoms with E-state index in [0.717, 1.165) is 32.4 Å². The Morgan fingerprint density at radius 2 is 2.36 bits per heavy atom. The van der Waals surface area contributed by atoms with Gasteiger partial charge in [-0.3, -0.25) is 4.79 Å². The van der Waals surface area contributed by atoms with Crippen LogP contribution in [0.3, 0.4) is 0 Å². The van der Waals surface area contributed by atoms with Gasteiger partial charge < -0.3 is 5.32 Å². The van der Waals surface area contributed by atoms with Crippen LogP contribution in [0.2, 0.25) is 0 Å². The molecule has 0 aliphatic carbocycles. The van der Waals surface area contributed by atoms with Crippen molar-refractivity contribution in [2.24, 2.45) is 5.41 Å². The molecule has 0 aromatic heterocycles. The molecular formula is C12H19NO. The molecule has 1 N–H and O–H groups in total. The number of rotatable bonds is 4. The third-order valence-electron chi connectivity index (χ3n) is 2.99. The molecule has 2 nitrogen and oxygen atoms in total. The summed E-state index contributed by atoms with van der Waals surface area (Å²) in [4.78, 5) is 12.0. The Balaban J connectivity index is 2.64. The van der Waals surface area contributed by atoms with E-state index in [1.807, 2.05) is 0 Å². The summed E-state index contributed by atoms with van der Waals surface area (Å²) in [6.45, 7) is 5.75. The van der Waals surface area contributed by atoms with E-state index < -0.39 is 0 Å². The van der Waals surface area contributed by atoms with Crippen molar-refractivity contribution in [3.63, 3.8) is 0 Å². The SMILES string of the molecule is CC#CCC(=O)C1(CCC)CCNC1. The van der Waals surface area contributed by atoms with Gasteiger partial charge in [-0.2, -0.15) is 0 Å². The Bertz CT molecular complexity index is 253. The highest BCUT2D eigenvalue weighted by Crippen LogP contribution is 2.32. The van der Waals surface area contributed by atoms with E-state index >= 15 is 0 Å². The molecule has 0 amide bonds. The van der Waals surface area contributed by atoms with Crippen LogP contribution in [-0.4, -0.2) is 18.9 Å². The first kappa shape index (κ1) is 11.3. The highest BCUT2D eigenvalue weighted by atomic mass is 16.1. The van der Waals surface area contributed by atoms with Crippen LogP contribution in [0.25, 0.3) is 0 Å². The fourth-order valence-corrected chi connectivity index (χ4v) is 2.17. The van der Waals surface area contributed by atoms with Gasteiger partial charge in [0.25, 0.3) is 0 Å². The third-order valence-corrected chi connectivity index (χ3v) is 2.99. The molecule has 0 spiro atoms. The summed E-state index contributed by atoms with van der Waals surface area (Å²) in [6.07, 6.45) is 3.50. The number of Topliss-reactive ketones (excluding diaryl/α,β-unsaturated/α-hetero) is 1. The van der Waals surface area contributed by atoms with Gasteiger partial charge in [-0.25, -0.2) is 0 Å². The van der Waals surface area contributed by atoms with Gasteiger partial charge in [0, 0.05) is 12.0 Å². The predicted molar refractivity (Wildman–Crippen MR) is 57.9 cm³/mol. The summed E-state index contributed by atoms with van der Waals surface area (Å²) >= 11 is 0. The fourth-order valence-electron chi connectivity index (χ4n) is 2.17.